The normalized spacial score (nSPS) is 13.9. The van der Waals surface area contributed by atoms with E-state index in [0.29, 0.717) is 60.5 Å². The van der Waals surface area contributed by atoms with Crippen molar-refractivity contribution in [3.05, 3.63) is 84.6 Å². The first-order chi connectivity index (χ1) is 15.7. The smallest absolute Gasteiger partial charge is 0.254 e. The number of aromatic nitrogens is 3. The molecule has 7 nitrogen and oxygen atoms in total. The fourth-order valence-electron chi connectivity index (χ4n) is 3.74. The molecule has 0 radical (unpaired) electrons. The van der Waals surface area contributed by atoms with Gasteiger partial charge < -0.3 is 14.2 Å². The van der Waals surface area contributed by atoms with Gasteiger partial charge in [0.05, 0.1) is 11.8 Å². The Balaban J connectivity index is 1.35. The fraction of sp³-hybridized carbons (Fsp3) is 0.167. The van der Waals surface area contributed by atoms with Crippen molar-refractivity contribution in [1.29, 1.82) is 0 Å². The quantitative estimate of drug-likeness (QED) is 0.490. The maximum Gasteiger partial charge on any atom is 0.254 e. The zero-order chi connectivity index (χ0) is 21.9. The number of halogens is 1. The maximum absolute atomic E-state index is 13.3. The molecule has 0 saturated carbocycles. The summed E-state index contributed by atoms with van der Waals surface area (Å²) >= 11 is 0. The van der Waals surface area contributed by atoms with Gasteiger partial charge in [0, 0.05) is 49.7 Å². The Morgan fingerprint density at radius 1 is 0.875 bits per heavy atom. The van der Waals surface area contributed by atoms with Crippen molar-refractivity contribution in [3.8, 4) is 22.8 Å². The predicted octanol–water partition coefficient (Wildman–Crippen LogP) is 3.90. The topological polar surface area (TPSA) is 75.4 Å². The summed E-state index contributed by atoms with van der Waals surface area (Å²) in [4.78, 5) is 30.1. The molecule has 4 aromatic rings. The van der Waals surface area contributed by atoms with Gasteiger partial charge in [-0.3, -0.25) is 4.79 Å². The van der Waals surface area contributed by atoms with Gasteiger partial charge >= 0.3 is 0 Å². The molecule has 0 bridgehead atoms. The van der Waals surface area contributed by atoms with Crippen LogP contribution < -0.4 is 4.90 Å². The first-order valence-corrected chi connectivity index (χ1v) is 10.3. The van der Waals surface area contributed by atoms with Crippen molar-refractivity contribution in [2.24, 2.45) is 0 Å². The van der Waals surface area contributed by atoms with E-state index in [1.807, 2.05) is 23.1 Å². The molecule has 32 heavy (non-hydrogen) atoms. The van der Waals surface area contributed by atoms with Crippen LogP contribution in [0.5, 0.6) is 0 Å². The van der Waals surface area contributed by atoms with Crippen LogP contribution in [-0.2, 0) is 0 Å². The van der Waals surface area contributed by atoms with Gasteiger partial charge in [0.1, 0.15) is 5.82 Å². The van der Waals surface area contributed by atoms with Crippen molar-refractivity contribution < 1.29 is 13.6 Å². The van der Waals surface area contributed by atoms with E-state index in [9.17, 15) is 9.18 Å². The van der Waals surface area contributed by atoms with Gasteiger partial charge in [-0.2, -0.15) is 0 Å². The highest BCUT2D eigenvalue weighted by atomic mass is 19.1. The van der Waals surface area contributed by atoms with Crippen molar-refractivity contribution >= 4 is 11.9 Å². The van der Waals surface area contributed by atoms with Crippen molar-refractivity contribution in [2.75, 3.05) is 31.1 Å². The molecule has 3 heterocycles. The molecule has 0 unspecified atom stereocenters. The molecule has 0 spiro atoms. The summed E-state index contributed by atoms with van der Waals surface area (Å²) in [6.07, 6.45) is 5.02. The van der Waals surface area contributed by atoms with Gasteiger partial charge in [-0.15, -0.1) is 0 Å². The highest BCUT2D eigenvalue weighted by Crippen LogP contribution is 2.29. The number of benzene rings is 2. The summed E-state index contributed by atoms with van der Waals surface area (Å²) in [7, 11) is 0. The zero-order valence-electron chi connectivity index (χ0n) is 17.2. The van der Waals surface area contributed by atoms with Crippen molar-refractivity contribution in [1.82, 2.24) is 19.9 Å². The monoisotopic (exact) mass is 429 g/mol. The Labute approximate surface area is 184 Å². The molecule has 1 aliphatic rings. The number of amides is 1. The third-order valence-electron chi connectivity index (χ3n) is 5.42. The lowest BCUT2D eigenvalue weighted by atomic mass is 10.1. The molecular formula is C24H20FN5O2. The van der Waals surface area contributed by atoms with Crippen LogP contribution in [0.3, 0.4) is 0 Å². The fourth-order valence-corrected chi connectivity index (χ4v) is 3.74. The summed E-state index contributed by atoms with van der Waals surface area (Å²) in [5.41, 5.74) is 1.87. The SMILES string of the molecule is O=C(c1ccccc1-c1ncc(-c2ccc(F)cc2)o1)N1CCN(c2ncccn2)CC1. The van der Waals surface area contributed by atoms with E-state index in [2.05, 4.69) is 19.9 Å². The number of piperazine rings is 1. The molecule has 1 fully saturated rings. The average Bonchev–Trinajstić information content (AvgIpc) is 3.35. The third-order valence-corrected chi connectivity index (χ3v) is 5.42. The van der Waals surface area contributed by atoms with E-state index < -0.39 is 0 Å². The standard InChI is InChI=1S/C24H20FN5O2/c25-18-8-6-17(7-9-18)21-16-28-22(32-21)19-4-1-2-5-20(19)23(31)29-12-14-30(15-13-29)24-26-10-3-11-27-24/h1-11,16H,12-15H2. The van der Waals surface area contributed by atoms with Gasteiger partial charge in [-0.25, -0.2) is 19.3 Å². The van der Waals surface area contributed by atoms with Gasteiger partial charge in [0.15, 0.2) is 5.76 Å². The van der Waals surface area contributed by atoms with Crippen LogP contribution in [0.1, 0.15) is 10.4 Å². The van der Waals surface area contributed by atoms with E-state index in [1.165, 1.54) is 12.1 Å². The summed E-state index contributed by atoms with van der Waals surface area (Å²) in [6.45, 7) is 2.45. The Kier molecular flexibility index (Phi) is 5.33. The van der Waals surface area contributed by atoms with E-state index in [0.717, 1.165) is 0 Å². The number of hydrogen-bond donors (Lipinski definition) is 0. The second-order valence-electron chi connectivity index (χ2n) is 7.41. The van der Waals surface area contributed by atoms with Gasteiger partial charge in [-0.1, -0.05) is 12.1 Å². The number of rotatable bonds is 4. The maximum atomic E-state index is 13.3. The van der Waals surface area contributed by atoms with Crippen molar-refractivity contribution in [3.63, 3.8) is 0 Å². The summed E-state index contributed by atoms with van der Waals surface area (Å²) in [5.74, 6) is 1.15. The van der Waals surface area contributed by atoms with Crippen LogP contribution in [0.15, 0.2) is 77.6 Å². The Hall–Kier alpha value is -4.07. The molecule has 0 aliphatic carbocycles. The minimum Gasteiger partial charge on any atom is -0.436 e. The van der Waals surface area contributed by atoms with E-state index in [1.54, 1.807) is 42.9 Å². The van der Waals surface area contributed by atoms with Crippen molar-refractivity contribution in [2.45, 2.75) is 0 Å². The van der Waals surface area contributed by atoms with E-state index in [4.69, 9.17) is 4.42 Å². The van der Waals surface area contributed by atoms with E-state index in [-0.39, 0.29) is 11.7 Å². The molecule has 2 aromatic carbocycles. The summed E-state index contributed by atoms with van der Waals surface area (Å²) in [6, 6.07) is 15.1. The van der Waals surface area contributed by atoms with Gasteiger partial charge in [-0.05, 0) is 42.5 Å². The molecule has 1 amide bonds. The number of hydrogen-bond acceptors (Lipinski definition) is 6. The highest BCUT2D eigenvalue weighted by molar-refractivity contribution is 6.00. The van der Waals surface area contributed by atoms with Crippen LogP contribution in [0.4, 0.5) is 10.3 Å². The summed E-state index contributed by atoms with van der Waals surface area (Å²) < 4.78 is 19.1. The lowest BCUT2D eigenvalue weighted by molar-refractivity contribution is 0.0746. The predicted molar refractivity (Wildman–Crippen MR) is 117 cm³/mol. The molecular weight excluding hydrogens is 409 g/mol. The van der Waals surface area contributed by atoms with Gasteiger partial charge in [0.2, 0.25) is 11.8 Å². The number of oxazole rings is 1. The summed E-state index contributed by atoms with van der Waals surface area (Å²) in [5, 5.41) is 0. The Bertz CT molecular complexity index is 1220. The largest absolute Gasteiger partial charge is 0.436 e. The van der Waals surface area contributed by atoms with Crippen LogP contribution >= 0.6 is 0 Å². The molecule has 0 N–H and O–H groups in total. The van der Waals surface area contributed by atoms with Gasteiger partial charge in [0.25, 0.3) is 5.91 Å². The molecule has 0 atom stereocenters. The number of nitrogens with zero attached hydrogens (tertiary/aromatic N) is 5. The highest BCUT2D eigenvalue weighted by Gasteiger charge is 2.26. The third kappa shape index (κ3) is 3.94. The first kappa shape index (κ1) is 19.9. The van der Waals surface area contributed by atoms with E-state index >= 15 is 0 Å². The lowest BCUT2D eigenvalue weighted by Gasteiger charge is -2.34. The van der Waals surface area contributed by atoms with Crippen LogP contribution in [-0.4, -0.2) is 51.9 Å². The molecule has 5 rings (SSSR count). The molecule has 8 heteroatoms. The van der Waals surface area contributed by atoms with Crippen LogP contribution in [0, 0.1) is 5.82 Å². The number of anilines is 1. The second kappa shape index (κ2) is 8.58. The molecule has 160 valence electrons. The molecule has 1 aliphatic heterocycles. The number of carbonyl (C=O) groups excluding carboxylic acids is 1. The van der Waals surface area contributed by atoms with Crippen LogP contribution in [0.25, 0.3) is 22.8 Å². The first-order valence-electron chi connectivity index (χ1n) is 10.3. The Morgan fingerprint density at radius 2 is 1.59 bits per heavy atom. The molecule has 1 saturated heterocycles. The second-order valence-corrected chi connectivity index (χ2v) is 7.41. The lowest BCUT2D eigenvalue weighted by Crippen LogP contribution is -2.49. The average molecular weight is 429 g/mol. The van der Waals surface area contributed by atoms with Crippen LogP contribution in [0.2, 0.25) is 0 Å². The number of carbonyl (C=O) groups is 1. The minimum absolute atomic E-state index is 0.0734. The molecule has 2 aromatic heterocycles. The Morgan fingerprint density at radius 3 is 2.34 bits per heavy atom. The minimum atomic E-state index is -0.316. The zero-order valence-corrected chi connectivity index (χ0v) is 17.2.